The minimum Gasteiger partial charge on any atom is -0.362 e. The number of hydrogen-bond acceptors (Lipinski definition) is 4. The van der Waals surface area contributed by atoms with Gasteiger partial charge in [-0.05, 0) is 42.8 Å². The van der Waals surface area contributed by atoms with Crippen molar-refractivity contribution in [3.05, 3.63) is 42.0 Å². The van der Waals surface area contributed by atoms with Crippen LogP contribution in [0.1, 0.15) is 29.6 Å². The van der Waals surface area contributed by atoms with E-state index >= 15 is 0 Å². The van der Waals surface area contributed by atoms with Crippen LogP contribution in [0.25, 0.3) is 10.8 Å². The minimum atomic E-state index is -3.67. The molecule has 2 aliphatic rings. The number of piperazine rings is 1. The third-order valence-electron chi connectivity index (χ3n) is 6.00. The van der Waals surface area contributed by atoms with Crippen LogP contribution in [0.3, 0.4) is 0 Å². The molecule has 0 bridgehead atoms. The number of nitrogens with one attached hydrogen (secondary N) is 2. The summed E-state index contributed by atoms with van der Waals surface area (Å²) < 4.78 is 53.7. The first kappa shape index (κ1) is 27.2. The van der Waals surface area contributed by atoms with Crippen LogP contribution < -0.4 is 10.2 Å². The van der Waals surface area contributed by atoms with Crippen molar-refractivity contribution in [2.24, 2.45) is 0 Å². The maximum Gasteiger partial charge on any atom is 0.379 e. The number of fused-ring (bicyclic) bond motifs is 1. The molecule has 4 rings (SSSR count). The quantitative estimate of drug-likeness (QED) is 0.581. The second-order valence-corrected chi connectivity index (χ2v) is 8.41. The number of amides is 3. The highest BCUT2D eigenvalue weighted by atomic mass is 19.4. The fourth-order valence-electron chi connectivity index (χ4n) is 4.35. The number of anilines is 1. The lowest BCUT2D eigenvalue weighted by Crippen LogP contribution is -2.55. The normalized spacial score (nSPS) is 16.3. The van der Waals surface area contributed by atoms with Crippen LogP contribution >= 0.6 is 0 Å². The molecule has 3 amide bonds. The molecule has 2 fully saturated rings. The molecule has 0 atom stereocenters. The van der Waals surface area contributed by atoms with Crippen LogP contribution in [0, 0.1) is 5.41 Å². The zero-order chi connectivity index (χ0) is 26.2. The zero-order valence-electron chi connectivity index (χ0n) is 19.5. The van der Waals surface area contributed by atoms with E-state index in [2.05, 4.69) is 5.32 Å². The molecule has 2 heterocycles. The number of rotatable bonds is 4. The van der Waals surface area contributed by atoms with Gasteiger partial charge in [-0.2, -0.15) is 13.2 Å². The van der Waals surface area contributed by atoms with E-state index in [0.717, 1.165) is 42.4 Å². The van der Waals surface area contributed by atoms with Crippen molar-refractivity contribution < 1.29 is 31.5 Å². The van der Waals surface area contributed by atoms with Crippen LogP contribution in [0.5, 0.6) is 0 Å². The number of nitrogens with zero attached hydrogens (tertiary/aromatic N) is 3. The Morgan fingerprint density at radius 2 is 1.64 bits per heavy atom. The van der Waals surface area contributed by atoms with Gasteiger partial charge in [0.15, 0.2) is 0 Å². The molecule has 0 radical (unpaired) electrons. The summed E-state index contributed by atoms with van der Waals surface area (Å²) in [5.41, 5.74) is 1.58. The summed E-state index contributed by atoms with van der Waals surface area (Å²) in [5, 5.41) is 12.3. The van der Waals surface area contributed by atoms with Crippen molar-refractivity contribution in [3.63, 3.8) is 0 Å². The maximum absolute atomic E-state index is 12.9. The zero-order valence-corrected chi connectivity index (χ0v) is 19.5. The van der Waals surface area contributed by atoms with Gasteiger partial charge in [0.25, 0.3) is 12.3 Å². The average Bonchev–Trinajstić information content (AvgIpc) is 2.86. The monoisotopic (exact) mass is 513 g/mol. The van der Waals surface area contributed by atoms with Crippen molar-refractivity contribution in [2.75, 3.05) is 44.2 Å². The van der Waals surface area contributed by atoms with Crippen LogP contribution in [0.15, 0.2) is 36.4 Å². The highest BCUT2D eigenvalue weighted by Crippen LogP contribution is 2.29. The van der Waals surface area contributed by atoms with E-state index in [1.807, 2.05) is 46.2 Å². The number of alkyl halides is 5. The Kier molecular flexibility index (Phi) is 9.43. The number of urea groups is 1. The van der Waals surface area contributed by atoms with Gasteiger partial charge in [0.05, 0.1) is 13.1 Å². The molecular formula is C24H28F5N5O2. The SMILES string of the molecule is FC(F)F.N=C1CN(c2cccc3cc(C(=O)N4CCCCC4)ccc23)CCN1C(=O)NCC(F)F. The van der Waals surface area contributed by atoms with E-state index < -0.39 is 25.7 Å². The summed E-state index contributed by atoms with van der Waals surface area (Å²) in [4.78, 5) is 30.1. The molecule has 0 aromatic heterocycles. The van der Waals surface area contributed by atoms with Gasteiger partial charge in [-0.15, -0.1) is 0 Å². The largest absolute Gasteiger partial charge is 0.379 e. The number of amidine groups is 1. The summed E-state index contributed by atoms with van der Waals surface area (Å²) in [6, 6.07) is 10.9. The fraction of sp³-hybridized carbons (Fsp3) is 0.458. The first-order valence-electron chi connectivity index (χ1n) is 11.6. The Morgan fingerprint density at radius 1 is 0.944 bits per heavy atom. The van der Waals surface area contributed by atoms with Gasteiger partial charge < -0.3 is 15.1 Å². The number of likely N-dealkylation sites (tertiary alicyclic amines) is 1. The van der Waals surface area contributed by atoms with Gasteiger partial charge in [0, 0.05) is 42.8 Å². The summed E-state index contributed by atoms with van der Waals surface area (Å²) in [7, 11) is 0. The van der Waals surface area contributed by atoms with Crippen molar-refractivity contribution >= 4 is 34.2 Å². The molecule has 2 N–H and O–H groups in total. The van der Waals surface area contributed by atoms with Gasteiger partial charge in [-0.3, -0.25) is 15.1 Å². The number of carbonyl (C=O) groups is 2. The Hall–Kier alpha value is -3.44. The molecule has 2 saturated heterocycles. The lowest BCUT2D eigenvalue weighted by atomic mass is 10.0. The molecule has 2 aromatic rings. The van der Waals surface area contributed by atoms with E-state index in [1.54, 1.807) is 0 Å². The molecule has 0 saturated carbocycles. The van der Waals surface area contributed by atoms with Gasteiger partial charge in [-0.1, -0.05) is 18.2 Å². The lowest BCUT2D eigenvalue weighted by Gasteiger charge is -2.36. The first-order valence-corrected chi connectivity index (χ1v) is 11.6. The second-order valence-electron chi connectivity index (χ2n) is 8.41. The number of carbonyl (C=O) groups excluding carboxylic acids is 2. The van der Waals surface area contributed by atoms with Gasteiger partial charge in [0.2, 0.25) is 0 Å². The molecular weight excluding hydrogens is 485 g/mol. The van der Waals surface area contributed by atoms with Crippen molar-refractivity contribution in [1.82, 2.24) is 15.1 Å². The van der Waals surface area contributed by atoms with Gasteiger partial charge in [-0.25, -0.2) is 13.6 Å². The molecule has 196 valence electrons. The molecule has 0 aliphatic carbocycles. The number of benzene rings is 2. The highest BCUT2D eigenvalue weighted by Gasteiger charge is 2.27. The second kappa shape index (κ2) is 12.5. The van der Waals surface area contributed by atoms with Crippen LogP contribution in [-0.4, -0.2) is 79.9 Å². The van der Waals surface area contributed by atoms with E-state index in [9.17, 15) is 31.5 Å². The lowest BCUT2D eigenvalue weighted by molar-refractivity contribution is 0.00817. The summed E-state index contributed by atoms with van der Waals surface area (Å²) in [6.45, 7) is -1.90. The van der Waals surface area contributed by atoms with E-state index in [1.165, 1.54) is 11.3 Å². The van der Waals surface area contributed by atoms with Crippen LogP contribution in [-0.2, 0) is 0 Å². The highest BCUT2D eigenvalue weighted by molar-refractivity contribution is 6.04. The fourth-order valence-corrected chi connectivity index (χ4v) is 4.35. The van der Waals surface area contributed by atoms with E-state index in [-0.39, 0.29) is 24.8 Å². The number of hydrogen-bond donors (Lipinski definition) is 2. The molecule has 7 nitrogen and oxygen atoms in total. The molecule has 2 aromatic carbocycles. The summed E-state index contributed by atoms with van der Waals surface area (Å²) >= 11 is 0. The number of halogens is 5. The predicted molar refractivity (Wildman–Crippen MR) is 127 cm³/mol. The van der Waals surface area contributed by atoms with Gasteiger partial charge >= 0.3 is 12.7 Å². The van der Waals surface area contributed by atoms with Crippen molar-refractivity contribution in [2.45, 2.75) is 32.4 Å². The Morgan fingerprint density at radius 3 is 2.28 bits per heavy atom. The van der Waals surface area contributed by atoms with E-state index in [0.29, 0.717) is 12.1 Å². The molecule has 2 aliphatic heterocycles. The molecule has 36 heavy (non-hydrogen) atoms. The summed E-state index contributed by atoms with van der Waals surface area (Å²) in [6.07, 6.45) is 0.626. The minimum absolute atomic E-state index is 0.0527. The molecule has 0 unspecified atom stereocenters. The van der Waals surface area contributed by atoms with E-state index in [4.69, 9.17) is 5.41 Å². The maximum atomic E-state index is 12.9. The average molecular weight is 514 g/mol. The smallest absolute Gasteiger partial charge is 0.362 e. The van der Waals surface area contributed by atoms with Crippen LogP contribution in [0.4, 0.5) is 32.4 Å². The van der Waals surface area contributed by atoms with Crippen molar-refractivity contribution in [1.29, 1.82) is 5.41 Å². The molecule has 12 heteroatoms. The topological polar surface area (TPSA) is 79.7 Å². The Labute approximate surface area is 205 Å². The Bertz CT molecular complexity index is 1080. The third-order valence-corrected chi connectivity index (χ3v) is 6.00. The predicted octanol–water partition coefficient (Wildman–Crippen LogP) is 4.72. The molecule has 0 spiro atoms. The standard InChI is InChI=1S/C23H27F2N5O2.CHF3/c24-20(25)14-27-23(32)30-12-11-29(15-21(30)26)19-6-4-5-16-13-17(7-8-18(16)19)22(31)28-9-2-1-3-10-28;2-1(3)4/h4-8,13,20,26H,1-3,9-12,14-15H2,(H,27,32);1H. The Balaban J connectivity index is 0.000000840. The van der Waals surface area contributed by atoms with Gasteiger partial charge in [0.1, 0.15) is 5.84 Å². The first-order chi connectivity index (χ1) is 17.2. The van der Waals surface area contributed by atoms with Crippen molar-refractivity contribution in [3.8, 4) is 0 Å². The summed E-state index contributed by atoms with van der Waals surface area (Å²) in [5.74, 6) is 0.110. The number of piperidine rings is 1. The van der Waals surface area contributed by atoms with Crippen LogP contribution in [0.2, 0.25) is 0 Å². The third kappa shape index (κ3) is 7.05.